The predicted molar refractivity (Wildman–Crippen MR) is 131 cm³/mol. The van der Waals surface area contributed by atoms with E-state index in [1.54, 1.807) is 0 Å². The van der Waals surface area contributed by atoms with E-state index >= 15 is 0 Å². The fourth-order valence-electron chi connectivity index (χ4n) is 3.91. The molecule has 0 fully saturated rings. The lowest BCUT2D eigenvalue weighted by Gasteiger charge is -2.29. The first-order chi connectivity index (χ1) is 14.5. The van der Waals surface area contributed by atoms with Gasteiger partial charge in [-0.05, 0) is 33.1 Å². The number of hydrogen-bond donors (Lipinski definition) is 1. The average molecular weight is 416 g/mol. The van der Waals surface area contributed by atoms with E-state index in [4.69, 9.17) is 0 Å². The first-order valence-corrected chi connectivity index (χ1v) is 11.2. The van der Waals surface area contributed by atoms with Crippen molar-refractivity contribution < 1.29 is 5.11 Å². The van der Waals surface area contributed by atoms with E-state index in [1.807, 2.05) is 0 Å². The summed E-state index contributed by atoms with van der Waals surface area (Å²) in [5, 5.41) is 11.3. The first-order valence-electron chi connectivity index (χ1n) is 11.2. The van der Waals surface area contributed by atoms with Crippen LogP contribution in [-0.2, 0) is 30.5 Å². The molecular formula is C29H37NO. The van der Waals surface area contributed by atoms with Crippen molar-refractivity contribution >= 4 is 0 Å². The van der Waals surface area contributed by atoms with E-state index in [0.717, 1.165) is 24.2 Å². The van der Waals surface area contributed by atoms with Crippen LogP contribution in [0.4, 0.5) is 0 Å². The zero-order valence-electron chi connectivity index (χ0n) is 19.9. The highest BCUT2D eigenvalue weighted by Crippen LogP contribution is 2.38. The van der Waals surface area contributed by atoms with Crippen molar-refractivity contribution in [3.05, 3.63) is 101 Å². The van der Waals surface area contributed by atoms with Gasteiger partial charge in [-0.3, -0.25) is 4.90 Å². The highest BCUT2D eigenvalue weighted by atomic mass is 16.3. The van der Waals surface area contributed by atoms with Crippen LogP contribution >= 0.6 is 0 Å². The Morgan fingerprint density at radius 1 is 0.645 bits per heavy atom. The normalized spacial score (nSPS) is 12.4. The Morgan fingerprint density at radius 3 is 1.55 bits per heavy atom. The molecule has 0 aromatic heterocycles. The summed E-state index contributed by atoms with van der Waals surface area (Å²) in [5.74, 6) is 0.437. The molecule has 0 saturated heterocycles. The standard InChI is InChI=1S/C29H37NO/c1-28(2,3)25-17-24(27(31)26(18-25)29(4,5)6)21-30(19-22-13-9-7-10-14-22)20-23-15-11-8-12-16-23/h7-18,31H,19-21H2,1-6H3. The quantitative estimate of drug-likeness (QED) is 0.460. The van der Waals surface area contributed by atoms with Gasteiger partial charge >= 0.3 is 0 Å². The fourth-order valence-corrected chi connectivity index (χ4v) is 3.91. The van der Waals surface area contributed by atoms with Gasteiger partial charge < -0.3 is 5.11 Å². The summed E-state index contributed by atoms with van der Waals surface area (Å²) in [4.78, 5) is 2.42. The smallest absolute Gasteiger partial charge is 0.123 e. The molecule has 0 aliphatic rings. The van der Waals surface area contributed by atoms with E-state index in [2.05, 4.69) is 119 Å². The number of benzene rings is 3. The largest absolute Gasteiger partial charge is 0.507 e. The molecule has 31 heavy (non-hydrogen) atoms. The van der Waals surface area contributed by atoms with Crippen LogP contribution in [0.2, 0.25) is 0 Å². The lowest BCUT2D eigenvalue weighted by molar-refractivity contribution is 0.243. The van der Waals surface area contributed by atoms with Crippen LogP contribution in [0.3, 0.4) is 0 Å². The SMILES string of the molecule is CC(C)(C)c1cc(CN(Cc2ccccc2)Cc2ccccc2)c(O)c(C(C)(C)C)c1. The highest BCUT2D eigenvalue weighted by molar-refractivity contribution is 5.48. The lowest BCUT2D eigenvalue weighted by Crippen LogP contribution is -2.24. The molecule has 3 rings (SSSR count). The minimum atomic E-state index is -0.121. The third-order valence-electron chi connectivity index (χ3n) is 5.75. The molecule has 164 valence electrons. The molecule has 0 radical (unpaired) electrons. The van der Waals surface area contributed by atoms with Gasteiger partial charge in [-0.2, -0.15) is 0 Å². The maximum Gasteiger partial charge on any atom is 0.123 e. The van der Waals surface area contributed by atoms with E-state index in [9.17, 15) is 5.11 Å². The summed E-state index contributed by atoms with van der Waals surface area (Å²) in [6.45, 7) is 15.6. The van der Waals surface area contributed by atoms with Crippen molar-refractivity contribution in [1.82, 2.24) is 4.90 Å². The molecule has 0 aliphatic heterocycles. The summed E-state index contributed by atoms with van der Waals surface area (Å²) in [5.41, 5.74) is 5.75. The molecule has 0 aliphatic carbocycles. The van der Waals surface area contributed by atoms with Gasteiger partial charge in [-0.25, -0.2) is 0 Å². The molecule has 1 N–H and O–H groups in total. The summed E-state index contributed by atoms with van der Waals surface area (Å²) in [6.07, 6.45) is 0. The zero-order chi connectivity index (χ0) is 22.6. The van der Waals surface area contributed by atoms with Gasteiger partial charge in [0.05, 0.1) is 0 Å². The fraction of sp³-hybridized carbons (Fsp3) is 0.379. The van der Waals surface area contributed by atoms with Gasteiger partial charge in [0.15, 0.2) is 0 Å². The Morgan fingerprint density at radius 2 is 1.13 bits per heavy atom. The molecule has 0 amide bonds. The van der Waals surface area contributed by atoms with Gasteiger partial charge in [-0.1, -0.05) is 114 Å². The van der Waals surface area contributed by atoms with E-state index in [0.29, 0.717) is 12.3 Å². The predicted octanol–water partition coefficient (Wildman–Crippen LogP) is 7.19. The molecule has 3 aromatic rings. The first kappa shape index (κ1) is 23.1. The monoisotopic (exact) mass is 415 g/mol. The van der Waals surface area contributed by atoms with Gasteiger partial charge in [0.2, 0.25) is 0 Å². The van der Waals surface area contributed by atoms with Gasteiger partial charge in [0, 0.05) is 25.2 Å². The maximum atomic E-state index is 11.3. The van der Waals surface area contributed by atoms with Crippen LogP contribution in [0.15, 0.2) is 72.8 Å². The molecular weight excluding hydrogens is 378 g/mol. The van der Waals surface area contributed by atoms with Crippen LogP contribution < -0.4 is 0 Å². The summed E-state index contributed by atoms with van der Waals surface area (Å²) in [6, 6.07) is 25.5. The maximum absolute atomic E-state index is 11.3. The van der Waals surface area contributed by atoms with Crippen LogP contribution in [0.1, 0.15) is 69.4 Å². The molecule has 0 heterocycles. The van der Waals surface area contributed by atoms with Crippen molar-refractivity contribution in [3.63, 3.8) is 0 Å². The second-order valence-electron chi connectivity index (χ2n) is 10.6. The third kappa shape index (κ3) is 6.21. The second kappa shape index (κ2) is 9.28. The Labute approximate surface area is 188 Å². The van der Waals surface area contributed by atoms with E-state index in [-0.39, 0.29) is 10.8 Å². The third-order valence-corrected chi connectivity index (χ3v) is 5.75. The van der Waals surface area contributed by atoms with Crippen molar-refractivity contribution in [2.75, 3.05) is 0 Å². The topological polar surface area (TPSA) is 23.5 Å². The molecule has 0 bridgehead atoms. The van der Waals surface area contributed by atoms with Crippen LogP contribution in [0.25, 0.3) is 0 Å². The summed E-state index contributed by atoms with van der Waals surface area (Å²) >= 11 is 0. The highest BCUT2D eigenvalue weighted by Gasteiger charge is 2.25. The summed E-state index contributed by atoms with van der Waals surface area (Å²) in [7, 11) is 0. The molecule has 0 spiro atoms. The van der Waals surface area contributed by atoms with Crippen LogP contribution in [-0.4, -0.2) is 10.0 Å². The molecule has 0 atom stereocenters. The average Bonchev–Trinajstić information content (AvgIpc) is 2.69. The van der Waals surface area contributed by atoms with Crippen LogP contribution in [0.5, 0.6) is 5.75 Å². The van der Waals surface area contributed by atoms with E-state index in [1.165, 1.54) is 16.7 Å². The zero-order valence-corrected chi connectivity index (χ0v) is 19.9. The Bertz CT molecular complexity index is 937. The Balaban J connectivity index is 2.00. The molecule has 0 saturated carbocycles. The number of phenolic OH excluding ortho intramolecular Hbond substituents is 1. The number of rotatable bonds is 6. The van der Waals surface area contributed by atoms with E-state index < -0.39 is 0 Å². The molecule has 2 nitrogen and oxygen atoms in total. The van der Waals surface area contributed by atoms with Crippen LogP contribution in [0, 0.1) is 0 Å². The number of nitrogens with zero attached hydrogens (tertiary/aromatic N) is 1. The van der Waals surface area contributed by atoms with Gasteiger partial charge in [-0.15, -0.1) is 0 Å². The lowest BCUT2D eigenvalue weighted by atomic mass is 9.79. The number of aromatic hydroxyl groups is 1. The van der Waals surface area contributed by atoms with Crippen molar-refractivity contribution in [2.45, 2.75) is 72.0 Å². The molecule has 2 heteroatoms. The number of phenols is 1. The minimum absolute atomic E-state index is 0.0200. The Hall–Kier alpha value is -2.58. The second-order valence-corrected chi connectivity index (χ2v) is 10.6. The summed E-state index contributed by atoms with van der Waals surface area (Å²) < 4.78 is 0. The van der Waals surface area contributed by atoms with Gasteiger partial charge in [0.25, 0.3) is 0 Å². The minimum Gasteiger partial charge on any atom is -0.507 e. The van der Waals surface area contributed by atoms with Crippen molar-refractivity contribution in [2.24, 2.45) is 0 Å². The van der Waals surface area contributed by atoms with Crippen molar-refractivity contribution in [3.8, 4) is 5.75 Å². The van der Waals surface area contributed by atoms with Gasteiger partial charge in [0.1, 0.15) is 5.75 Å². The number of hydrogen-bond acceptors (Lipinski definition) is 2. The molecule has 3 aromatic carbocycles. The molecule has 0 unspecified atom stereocenters. The van der Waals surface area contributed by atoms with Crippen molar-refractivity contribution in [1.29, 1.82) is 0 Å². The Kier molecular flexibility index (Phi) is 6.91.